The minimum absolute atomic E-state index is 0.238. The number of rotatable bonds is 4. The molecule has 0 aliphatic carbocycles. The van der Waals surface area contributed by atoms with Crippen LogP contribution in [0, 0.1) is 5.82 Å². The van der Waals surface area contributed by atoms with Crippen molar-refractivity contribution in [3.8, 4) is 5.75 Å². The van der Waals surface area contributed by atoms with Gasteiger partial charge in [0, 0.05) is 15.6 Å². The molecule has 4 nitrogen and oxygen atoms in total. The fourth-order valence-electron chi connectivity index (χ4n) is 3.59. The first kappa shape index (κ1) is 20.4. The maximum Gasteiger partial charge on any atom is 0.282 e. The predicted molar refractivity (Wildman–Crippen MR) is 128 cm³/mol. The first-order valence-electron chi connectivity index (χ1n) is 9.77. The first-order valence-corrected chi connectivity index (χ1v) is 11.0. The van der Waals surface area contributed by atoms with Gasteiger partial charge in [-0.15, -0.1) is 11.3 Å². The molecule has 4 aromatic rings. The summed E-state index contributed by atoms with van der Waals surface area (Å²) < 4.78 is 20.0. The molecule has 3 aromatic carbocycles. The zero-order valence-corrected chi connectivity index (χ0v) is 18.5. The number of thiophene rings is 1. The van der Waals surface area contributed by atoms with Crippen LogP contribution in [0.3, 0.4) is 0 Å². The number of amidine groups is 1. The number of nitrogens with zero attached hydrogens (tertiary/aromatic N) is 2. The molecule has 0 unspecified atom stereocenters. The lowest BCUT2D eigenvalue weighted by atomic mass is 10.1. The SMILES string of the molecule is COc1ccccc1/C=C1/N=C(c2sc3ccccc3c2Cl)N(c2ccc(F)cc2)C1=O. The number of fused-ring (bicyclic) bond motifs is 1. The quantitative estimate of drug-likeness (QED) is 0.323. The minimum Gasteiger partial charge on any atom is -0.496 e. The van der Waals surface area contributed by atoms with Gasteiger partial charge >= 0.3 is 0 Å². The zero-order valence-electron chi connectivity index (χ0n) is 16.9. The highest BCUT2D eigenvalue weighted by Gasteiger charge is 2.35. The number of amides is 1. The van der Waals surface area contributed by atoms with Crippen LogP contribution < -0.4 is 9.64 Å². The molecule has 1 aliphatic heterocycles. The maximum atomic E-state index is 13.6. The number of anilines is 1. The van der Waals surface area contributed by atoms with Crippen molar-refractivity contribution in [3.63, 3.8) is 0 Å². The number of methoxy groups -OCH3 is 1. The van der Waals surface area contributed by atoms with E-state index in [2.05, 4.69) is 4.99 Å². The fourth-order valence-corrected chi connectivity index (χ4v) is 5.08. The molecular weight excluding hydrogens is 447 g/mol. The van der Waals surface area contributed by atoms with Crippen LogP contribution >= 0.6 is 22.9 Å². The van der Waals surface area contributed by atoms with Crippen LogP contribution in [0.5, 0.6) is 5.75 Å². The molecule has 0 spiro atoms. The van der Waals surface area contributed by atoms with Gasteiger partial charge in [0.05, 0.1) is 22.7 Å². The van der Waals surface area contributed by atoms with Crippen LogP contribution in [0.1, 0.15) is 10.4 Å². The summed E-state index contributed by atoms with van der Waals surface area (Å²) in [6, 6.07) is 20.9. The van der Waals surface area contributed by atoms with Crippen molar-refractivity contribution in [3.05, 3.63) is 99.8 Å². The Bertz CT molecular complexity index is 1410. The topological polar surface area (TPSA) is 41.9 Å². The summed E-state index contributed by atoms with van der Waals surface area (Å²) in [6.07, 6.45) is 1.69. The van der Waals surface area contributed by atoms with Crippen molar-refractivity contribution in [2.45, 2.75) is 0 Å². The third-order valence-electron chi connectivity index (χ3n) is 5.11. The number of carbonyl (C=O) groups excluding carboxylic acids is 1. The molecule has 158 valence electrons. The van der Waals surface area contributed by atoms with Gasteiger partial charge in [-0.05, 0) is 42.5 Å². The standard InChI is InChI=1S/C25H16ClFN2O2S/c1-31-20-8-4-2-6-15(20)14-19-25(30)29(17-12-10-16(27)11-13-17)24(28-19)23-22(26)18-7-3-5-9-21(18)32-23/h2-14H,1H3/b19-14+. The van der Waals surface area contributed by atoms with Gasteiger partial charge in [0.25, 0.3) is 5.91 Å². The molecular formula is C25H16ClFN2O2S. The summed E-state index contributed by atoms with van der Waals surface area (Å²) in [6.45, 7) is 0. The fraction of sp³-hybridized carbons (Fsp3) is 0.0400. The van der Waals surface area contributed by atoms with E-state index in [0.29, 0.717) is 27.2 Å². The second kappa shape index (κ2) is 8.22. The second-order valence-electron chi connectivity index (χ2n) is 7.07. The van der Waals surface area contributed by atoms with E-state index in [1.165, 1.54) is 28.4 Å². The smallest absolute Gasteiger partial charge is 0.282 e. The van der Waals surface area contributed by atoms with Crippen LogP contribution in [-0.4, -0.2) is 18.9 Å². The molecule has 7 heteroatoms. The lowest BCUT2D eigenvalue weighted by Gasteiger charge is -2.17. The first-order chi connectivity index (χ1) is 15.6. The number of hydrogen-bond acceptors (Lipinski definition) is 4. The molecule has 0 bridgehead atoms. The van der Waals surface area contributed by atoms with Crippen molar-refractivity contribution in [1.82, 2.24) is 0 Å². The summed E-state index contributed by atoms with van der Waals surface area (Å²) in [5.41, 5.74) is 1.47. The van der Waals surface area contributed by atoms with E-state index in [9.17, 15) is 9.18 Å². The predicted octanol–water partition coefficient (Wildman–Crippen LogP) is 6.54. The molecule has 1 amide bonds. The Morgan fingerprint density at radius 2 is 1.75 bits per heavy atom. The minimum atomic E-state index is -0.386. The molecule has 32 heavy (non-hydrogen) atoms. The Hall–Kier alpha value is -3.48. The van der Waals surface area contributed by atoms with E-state index >= 15 is 0 Å². The number of halogens is 2. The number of aliphatic imine (C=N–C) groups is 1. The van der Waals surface area contributed by atoms with E-state index in [4.69, 9.17) is 16.3 Å². The Morgan fingerprint density at radius 1 is 1.03 bits per heavy atom. The highest BCUT2D eigenvalue weighted by molar-refractivity contribution is 7.21. The van der Waals surface area contributed by atoms with Gasteiger partial charge in [-0.25, -0.2) is 9.38 Å². The van der Waals surface area contributed by atoms with E-state index < -0.39 is 0 Å². The molecule has 0 saturated heterocycles. The maximum absolute atomic E-state index is 13.6. The molecule has 0 radical (unpaired) electrons. The van der Waals surface area contributed by atoms with Crippen LogP contribution in [0.2, 0.25) is 5.02 Å². The molecule has 0 fully saturated rings. The highest BCUT2D eigenvalue weighted by atomic mass is 35.5. The van der Waals surface area contributed by atoms with E-state index in [1.54, 1.807) is 25.3 Å². The Morgan fingerprint density at radius 3 is 2.50 bits per heavy atom. The largest absolute Gasteiger partial charge is 0.496 e. The van der Waals surface area contributed by atoms with Crippen molar-refractivity contribution in [2.24, 2.45) is 4.99 Å². The van der Waals surface area contributed by atoms with Crippen molar-refractivity contribution >= 4 is 56.5 Å². The number of para-hydroxylation sites is 1. The molecule has 1 aliphatic rings. The molecule has 1 aromatic heterocycles. The van der Waals surface area contributed by atoms with Crippen LogP contribution in [0.15, 0.2) is 83.5 Å². The van der Waals surface area contributed by atoms with E-state index in [-0.39, 0.29) is 17.4 Å². The summed E-state index contributed by atoms with van der Waals surface area (Å²) in [4.78, 5) is 20.3. The number of ether oxygens (including phenoxy) is 1. The number of benzene rings is 3. The average molecular weight is 463 g/mol. The van der Waals surface area contributed by atoms with Crippen molar-refractivity contribution in [2.75, 3.05) is 12.0 Å². The van der Waals surface area contributed by atoms with Gasteiger partial charge in [0.2, 0.25) is 0 Å². The lowest BCUT2D eigenvalue weighted by molar-refractivity contribution is -0.113. The third kappa shape index (κ3) is 3.47. The van der Waals surface area contributed by atoms with Gasteiger partial charge in [-0.1, -0.05) is 48.0 Å². The third-order valence-corrected chi connectivity index (χ3v) is 6.79. The van der Waals surface area contributed by atoms with Crippen LogP contribution in [0.4, 0.5) is 10.1 Å². The molecule has 2 heterocycles. The summed E-state index contributed by atoms with van der Waals surface area (Å²) in [5.74, 6) is 0.327. The van der Waals surface area contributed by atoms with Crippen LogP contribution in [-0.2, 0) is 4.79 Å². The zero-order chi connectivity index (χ0) is 22.2. The highest BCUT2D eigenvalue weighted by Crippen LogP contribution is 2.39. The summed E-state index contributed by atoms with van der Waals surface area (Å²) in [5, 5.41) is 1.42. The van der Waals surface area contributed by atoms with E-state index in [1.807, 2.05) is 48.5 Å². The van der Waals surface area contributed by atoms with Gasteiger partial charge in [-0.3, -0.25) is 9.69 Å². The van der Waals surface area contributed by atoms with Gasteiger partial charge in [0.1, 0.15) is 17.3 Å². The molecule has 0 N–H and O–H groups in total. The van der Waals surface area contributed by atoms with Gasteiger partial charge < -0.3 is 4.74 Å². The second-order valence-corrected chi connectivity index (χ2v) is 8.50. The Labute approximate surface area is 192 Å². The number of carbonyl (C=O) groups is 1. The lowest BCUT2D eigenvalue weighted by Crippen LogP contribution is -2.32. The normalized spacial score (nSPS) is 15.0. The summed E-state index contributed by atoms with van der Waals surface area (Å²) >= 11 is 8.17. The summed E-state index contributed by atoms with van der Waals surface area (Å²) in [7, 11) is 1.57. The molecule has 0 atom stereocenters. The van der Waals surface area contributed by atoms with Crippen molar-refractivity contribution in [1.29, 1.82) is 0 Å². The van der Waals surface area contributed by atoms with Crippen LogP contribution in [0.25, 0.3) is 16.2 Å². The average Bonchev–Trinajstić information content (AvgIpc) is 3.32. The van der Waals surface area contributed by atoms with Crippen molar-refractivity contribution < 1.29 is 13.9 Å². The Balaban J connectivity index is 1.70. The van der Waals surface area contributed by atoms with Gasteiger partial charge in [0.15, 0.2) is 5.84 Å². The van der Waals surface area contributed by atoms with E-state index in [0.717, 1.165) is 15.6 Å². The molecule has 0 saturated carbocycles. The van der Waals surface area contributed by atoms with Gasteiger partial charge in [-0.2, -0.15) is 0 Å². The Kier molecular flexibility index (Phi) is 5.25. The molecule has 5 rings (SSSR count). The number of hydrogen-bond donors (Lipinski definition) is 0. The monoisotopic (exact) mass is 462 g/mol.